The lowest BCUT2D eigenvalue weighted by Crippen LogP contribution is -2.52. The number of amides is 1. The van der Waals surface area contributed by atoms with E-state index in [1.165, 1.54) is 10.4 Å². The zero-order valence-corrected chi connectivity index (χ0v) is 15.1. The summed E-state index contributed by atoms with van der Waals surface area (Å²) in [6.45, 7) is 10.3. The number of aryl methyl sites for hydroxylation is 2. The average molecular weight is 328 g/mol. The van der Waals surface area contributed by atoms with Crippen molar-refractivity contribution in [3.05, 3.63) is 21.4 Å². The minimum absolute atomic E-state index is 0.137. The van der Waals surface area contributed by atoms with Crippen LogP contribution in [-0.4, -0.2) is 16.6 Å². The molecule has 0 spiro atoms. The number of carbonyl (C=O) groups is 1. The Morgan fingerprint density at radius 3 is 2.48 bits per heavy atom. The zero-order chi connectivity index (χ0) is 16.0. The predicted molar refractivity (Wildman–Crippen MR) is 93.8 cm³/mol. The summed E-state index contributed by atoms with van der Waals surface area (Å²) < 4.78 is 0. The molecule has 0 saturated heterocycles. The van der Waals surface area contributed by atoms with Gasteiger partial charge in [0.1, 0.15) is 0 Å². The van der Waals surface area contributed by atoms with Crippen molar-refractivity contribution in [1.29, 1.82) is 0 Å². The summed E-state index contributed by atoms with van der Waals surface area (Å²) in [6.07, 6.45) is 3.07. The minimum Gasteiger partial charge on any atom is -0.357 e. The van der Waals surface area contributed by atoms with Gasteiger partial charge in [0, 0.05) is 10.4 Å². The molecule has 0 bridgehead atoms. The highest BCUT2D eigenvalue weighted by atomic mass is 32.1. The molecule has 0 aromatic carbocycles. The van der Waals surface area contributed by atoms with E-state index in [0.717, 1.165) is 24.1 Å². The molecule has 4 nitrogen and oxygen atoms in total. The lowest BCUT2D eigenvalue weighted by Gasteiger charge is -2.22. The van der Waals surface area contributed by atoms with Gasteiger partial charge in [0.05, 0.1) is 4.88 Å². The summed E-state index contributed by atoms with van der Waals surface area (Å²) >= 11 is 6.70. The predicted octanol–water partition coefficient (Wildman–Crippen LogP) is 3.17. The second-order valence-corrected chi connectivity index (χ2v) is 7.49. The lowest BCUT2D eigenvalue weighted by molar-refractivity contribution is 0.0947. The number of hydrazine groups is 1. The summed E-state index contributed by atoms with van der Waals surface area (Å²) in [4.78, 5) is 14.2. The topological polar surface area (TPSA) is 53.2 Å². The van der Waals surface area contributed by atoms with E-state index in [1.54, 1.807) is 11.3 Å². The standard InChI is InChI=1S/C15H25N3OS2/c1-6-8-11-10(7-2)9-12(21-11)13(19)17-18-14(20)16-15(3,4)5/h9H,6-8H2,1-5H3,(H,17,19)(H2,16,18,20). The van der Waals surface area contributed by atoms with Crippen molar-refractivity contribution in [1.82, 2.24) is 16.2 Å². The second-order valence-electron chi connectivity index (χ2n) is 5.95. The highest BCUT2D eigenvalue weighted by Gasteiger charge is 2.15. The molecule has 3 N–H and O–H groups in total. The van der Waals surface area contributed by atoms with Crippen LogP contribution >= 0.6 is 23.6 Å². The summed E-state index contributed by atoms with van der Waals surface area (Å²) in [5.41, 5.74) is 6.52. The number of thiophene rings is 1. The Bertz CT molecular complexity index is 504. The van der Waals surface area contributed by atoms with Crippen molar-refractivity contribution in [3.63, 3.8) is 0 Å². The number of rotatable bonds is 4. The Balaban J connectivity index is 2.62. The van der Waals surface area contributed by atoms with Gasteiger partial charge in [-0.1, -0.05) is 20.3 Å². The van der Waals surface area contributed by atoms with E-state index >= 15 is 0 Å². The van der Waals surface area contributed by atoms with Gasteiger partial charge in [-0.05, 0) is 57.5 Å². The van der Waals surface area contributed by atoms with Gasteiger partial charge in [0.2, 0.25) is 0 Å². The molecule has 0 saturated carbocycles. The molecule has 1 aromatic rings. The first-order valence-corrected chi connectivity index (χ1v) is 8.49. The van der Waals surface area contributed by atoms with Gasteiger partial charge in [0.25, 0.3) is 5.91 Å². The van der Waals surface area contributed by atoms with E-state index in [0.29, 0.717) is 5.11 Å². The molecular formula is C15H25N3OS2. The molecule has 1 amide bonds. The van der Waals surface area contributed by atoms with Crippen molar-refractivity contribution in [2.75, 3.05) is 0 Å². The zero-order valence-electron chi connectivity index (χ0n) is 13.4. The van der Waals surface area contributed by atoms with E-state index in [4.69, 9.17) is 12.2 Å². The van der Waals surface area contributed by atoms with Crippen molar-refractivity contribution < 1.29 is 4.79 Å². The Labute approximate surface area is 136 Å². The molecule has 0 fully saturated rings. The monoisotopic (exact) mass is 327 g/mol. The maximum Gasteiger partial charge on any atom is 0.279 e. The fourth-order valence-electron chi connectivity index (χ4n) is 1.86. The van der Waals surface area contributed by atoms with Crippen LogP contribution < -0.4 is 16.2 Å². The van der Waals surface area contributed by atoms with Gasteiger partial charge in [-0.25, -0.2) is 0 Å². The normalized spacial score (nSPS) is 11.1. The number of thiocarbonyl (C=S) groups is 1. The van der Waals surface area contributed by atoms with E-state index < -0.39 is 0 Å². The number of hydrogen-bond acceptors (Lipinski definition) is 3. The molecular weight excluding hydrogens is 302 g/mol. The Morgan fingerprint density at radius 1 is 1.29 bits per heavy atom. The van der Waals surface area contributed by atoms with Crippen molar-refractivity contribution in [3.8, 4) is 0 Å². The SMILES string of the molecule is CCCc1sc(C(=O)NNC(=S)NC(C)(C)C)cc1CC. The third kappa shape index (κ3) is 6.01. The van der Waals surface area contributed by atoms with Crippen LogP contribution in [0.5, 0.6) is 0 Å². The molecule has 0 radical (unpaired) electrons. The molecule has 118 valence electrons. The number of nitrogens with one attached hydrogen (secondary N) is 3. The van der Waals surface area contributed by atoms with E-state index in [9.17, 15) is 4.79 Å². The Kier molecular flexibility index (Phi) is 6.61. The van der Waals surface area contributed by atoms with Crippen molar-refractivity contribution in [2.24, 2.45) is 0 Å². The second kappa shape index (κ2) is 7.75. The van der Waals surface area contributed by atoms with Crippen molar-refractivity contribution in [2.45, 2.75) is 59.4 Å². The molecule has 1 heterocycles. The van der Waals surface area contributed by atoms with E-state index in [1.807, 2.05) is 26.8 Å². The first kappa shape index (κ1) is 17.9. The summed E-state index contributed by atoms with van der Waals surface area (Å²) in [6, 6.07) is 1.98. The van der Waals surface area contributed by atoms with E-state index in [2.05, 4.69) is 30.0 Å². The molecule has 0 aliphatic heterocycles. The maximum atomic E-state index is 12.1. The number of hydrogen-bond donors (Lipinski definition) is 3. The van der Waals surface area contributed by atoms with Crippen LogP contribution in [0.3, 0.4) is 0 Å². The quantitative estimate of drug-likeness (QED) is 0.587. The van der Waals surface area contributed by atoms with Crippen LogP contribution in [0, 0.1) is 0 Å². The molecule has 1 rings (SSSR count). The largest absolute Gasteiger partial charge is 0.357 e. The molecule has 0 aliphatic rings. The van der Waals surface area contributed by atoms with E-state index in [-0.39, 0.29) is 11.4 Å². The van der Waals surface area contributed by atoms with Gasteiger partial charge < -0.3 is 5.32 Å². The van der Waals surface area contributed by atoms with Crippen LogP contribution in [0.2, 0.25) is 0 Å². The van der Waals surface area contributed by atoms with Crippen LogP contribution in [-0.2, 0) is 12.8 Å². The Hall–Kier alpha value is -1.14. The molecule has 0 atom stereocenters. The van der Waals surface area contributed by atoms with Crippen molar-refractivity contribution >= 4 is 34.6 Å². The number of carbonyl (C=O) groups excluding carboxylic acids is 1. The third-order valence-electron chi connectivity index (χ3n) is 2.76. The van der Waals surface area contributed by atoms with Gasteiger partial charge >= 0.3 is 0 Å². The molecule has 1 aromatic heterocycles. The Morgan fingerprint density at radius 2 is 1.95 bits per heavy atom. The fourth-order valence-corrected chi connectivity index (χ4v) is 3.47. The first-order chi connectivity index (χ1) is 9.76. The van der Waals surface area contributed by atoms with Crippen LogP contribution in [0.25, 0.3) is 0 Å². The first-order valence-electron chi connectivity index (χ1n) is 7.27. The van der Waals surface area contributed by atoms with Gasteiger partial charge in [0.15, 0.2) is 5.11 Å². The minimum atomic E-state index is -0.143. The molecule has 21 heavy (non-hydrogen) atoms. The maximum absolute atomic E-state index is 12.1. The average Bonchev–Trinajstić information content (AvgIpc) is 2.77. The van der Waals surface area contributed by atoms with Crippen LogP contribution in [0.15, 0.2) is 6.07 Å². The van der Waals surface area contributed by atoms with Gasteiger partial charge in [-0.2, -0.15) is 0 Å². The van der Waals surface area contributed by atoms with Crippen LogP contribution in [0.1, 0.15) is 61.2 Å². The summed E-state index contributed by atoms with van der Waals surface area (Å²) in [5.74, 6) is -0.143. The van der Waals surface area contributed by atoms with Gasteiger partial charge in [-0.15, -0.1) is 11.3 Å². The fraction of sp³-hybridized carbons (Fsp3) is 0.600. The highest BCUT2D eigenvalue weighted by Crippen LogP contribution is 2.24. The molecule has 0 unspecified atom stereocenters. The van der Waals surface area contributed by atoms with Crippen LogP contribution in [0.4, 0.5) is 0 Å². The third-order valence-corrected chi connectivity index (χ3v) is 4.20. The smallest absolute Gasteiger partial charge is 0.279 e. The molecule has 6 heteroatoms. The van der Waals surface area contributed by atoms with Gasteiger partial charge in [-0.3, -0.25) is 15.6 Å². The highest BCUT2D eigenvalue weighted by molar-refractivity contribution is 7.80. The summed E-state index contributed by atoms with van der Waals surface area (Å²) in [5, 5.41) is 3.50. The lowest BCUT2D eigenvalue weighted by atomic mass is 10.1. The molecule has 0 aliphatic carbocycles. The summed E-state index contributed by atoms with van der Waals surface area (Å²) in [7, 11) is 0.